The molecule has 1 saturated heterocycles. The van der Waals surface area contributed by atoms with Gasteiger partial charge in [0.05, 0.1) is 25.3 Å². The average molecular weight is 661 g/mol. The second kappa shape index (κ2) is 13.3. The highest BCUT2D eigenvalue weighted by Crippen LogP contribution is 2.32. The van der Waals surface area contributed by atoms with Gasteiger partial charge < -0.3 is 29.7 Å². The molecule has 0 aliphatic carbocycles. The van der Waals surface area contributed by atoms with Crippen LogP contribution in [0.15, 0.2) is 79.0 Å². The zero-order valence-corrected chi connectivity index (χ0v) is 26.0. The Morgan fingerprint density at radius 3 is 2.58 bits per heavy atom. The van der Waals surface area contributed by atoms with Gasteiger partial charge in [-0.3, -0.25) is 19.4 Å². The van der Waals surface area contributed by atoms with Crippen LogP contribution in [0.1, 0.15) is 37.5 Å². The van der Waals surface area contributed by atoms with E-state index in [1.807, 2.05) is 19.1 Å². The van der Waals surface area contributed by atoms with Crippen LogP contribution in [0, 0.1) is 6.92 Å². The molecule has 0 unspecified atom stereocenters. The third-order valence-electron chi connectivity index (χ3n) is 8.18. The third kappa shape index (κ3) is 7.04. The summed E-state index contributed by atoms with van der Waals surface area (Å²) in [6.45, 7) is 1.92. The fraction of sp³-hybridized carbons (Fsp3) is 0.257. The number of pyridine rings is 1. The SMILES string of the molecule is COc1cc2ccc1O[C@H]1CN(C(=O)c3ccc(C(F)(F)F)nc3)C[C@@H]1NC(=O)c1ccc(C)c(c1)-c1cccc(c1)OCC(=O)NC2. The van der Waals surface area contributed by atoms with Crippen molar-refractivity contribution in [3.8, 4) is 28.4 Å². The van der Waals surface area contributed by atoms with E-state index >= 15 is 0 Å². The van der Waals surface area contributed by atoms with E-state index < -0.39 is 35.8 Å². The van der Waals surface area contributed by atoms with E-state index in [0.717, 1.165) is 40.6 Å². The number of likely N-dealkylation sites (tertiary alicyclic amines) is 1. The number of nitrogens with zero attached hydrogens (tertiary/aromatic N) is 2. The Morgan fingerprint density at radius 2 is 1.83 bits per heavy atom. The second-order valence-electron chi connectivity index (χ2n) is 11.5. The molecule has 3 aliphatic heterocycles. The molecule has 1 aromatic heterocycles. The molecule has 0 spiro atoms. The van der Waals surface area contributed by atoms with Crippen LogP contribution in [-0.2, 0) is 17.5 Å². The molecule has 4 aromatic rings. The predicted molar refractivity (Wildman–Crippen MR) is 168 cm³/mol. The second-order valence-corrected chi connectivity index (χ2v) is 11.5. The molecule has 0 radical (unpaired) electrons. The van der Waals surface area contributed by atoms with Crippen molar-refractivity contribution < 1.29 is 41.8 Å². The quantitative estimate of drug-likeness (QED) is 0.317. The number of carbonyl (C=O) groups is 3. The summed E-state index contributed by atoms with van der Waals surface area (Å²) in [6.07, 6.45) is -4.52. The minimum Gasteiger partial charge on any atom is -0.493 e. The molecule has 3 aliphatic rings. The molecule has 4 heterocycles. The maximum atomic E-state index is 13.7. The summed E-state index contributed by atoms with van der Waals surface area (Å²) in [5.74, 6) is -0.140. The number of aromatic nitrogens is 1. The standard InChI is InChI=1S/C35H31F3N4O6/c1-20-6-8-23-14-26(20)22-4-3-5-25(13-22)47-19-32(43)40-15-21-7-10-28(29(12-21)46-2)48-30-18-42(17-27(30)41-33(23)44)34(45)24-9-11-31(39-16-24)35(36,37)38/h3-14,16,27,30H,15,17-19H2,1-2H3,(H,40,43)(H,41,44)/t27-,30-/m0/s1. The molecule has 2 atom stereocenters. The van der Waals surface area contributed by atoms with Gasteiger partial charge in [0.15, 0.2) is 18.1 Å². The number of benzene rings is 3. The summed E-state index contributed by atoms with van der Waals surface area (Å²) in [7, 11) is 1.46. The number of alkyl halides is 3. The first-order chi connectivity index (χ1) is 23.0. The van der Waals surface area contributed by atoms with E-state index in [1.165, 1.54) is 12.0 Å². The lowest BCUT2D eigenvalue weighted by Crippen LogP contribution is -2.45. The molecule has 3 aromatic carbocycles. The van der Waals surface area contributed by atoms with E-state index in [1.54, 1.807) is 48.5 Å². The van der Waals surface area contributed by atoms with Crippen molar-refractivity contribution in [1.82, 2.24) is 20.5 Å². The zero-order chi connectivity index (χ0) is 34.0. The number of carbonyl (C=O) groups excluding carboxylic acids is 3. The maximum Gasteiger partial charge on any atom is 0.433 e. The highest BCUT2D eigenvalue weighted by atomic mass is 19.4. The van der Waals surface area contributed by atoms with Gasteiger partial charge >= 0.3 is 6.18 Å². The van der Waals surface area contributed by atoms with Crippen molar-refractivity contribution in [3.63, 3.8) is 0 Å². The van der Waals surface area contributed by atoms with Gasteiger partial charge in [-0.1, -0.05) is 24.3 Å². The normalized spacial score (nSPS) is 18.1. The lowest BCUT2D eigenvalue weighted by molar-refractivity contribution is -0.141. The van der Waals surface area contributed by atoms with Crippen molar-refractivity contribution in [1.29, 1.82) is 0 Å². The number of fused-ring (bicyclic) bond motifs is 7. The summed E-state index contributed by atoms with van der Waals surface area (Å²) < 4.78 is 56.9. The van der Waals surface area contributed by atoms with Gasteiger partial charge in [-0.2, -0.15) is 13.2 Å². The summed E-state index contributed by atoms with van der Waals surface area (Å²) in [5, 5.41) is 5.82. The maximum absolute atomic E-state index is 13.7. The highest BCUT2D eigenvalue weighted by molar-refractivity contribution is 5.97. The number of nitrogens with one attached hydrogen (secondary N) is 2. The van der Waals surface area contributed by atoms with Crippen molar-refractivity contribution in [3.05, 3.63) is 107 Å². The Bertz CT molecular complexity index is 1860. The van der Waals surface area contributed by atoms with E-state index in [9.17, 15) is 27.6 Å². The molecule has 10 nitrogen and oxygen atoms in total. The summed E-state index contributed by atoms with van der Waals surface area (Å²) in [5.41, 5.74) is 2.40. The van der Waals surface area contributed by atoms with Gasteiger partial charge in [-0.25, -0.2) is 0 Å². The van der Waals surface area contributed by atoms with Gasteiger partial charge in [0.25, 0.3) is 17.7 Å². The molecular weight excluding hydrogens is 629 g/mol. The molecule has 13 heteroatoms. The predicted octanol–water partition coefficient (Wildman–Crippen LogP) is 4.80. The molecule has 2 N–H and O–H groups in total. The van der Waals surface area contributed by atoms with Gasteiger partial charge in [0.1, 0.15) is 17.5 Å². The number of hydrogen-bond donors (Lipinski definition) is 2. The fourth-order valence-corrected chi connectivity index (χ4v) is 5.63. The number of halogens is 3. The van der Waals surface area contributed by atoms with Crippen LogP contribution in [0.25, 0.3) is 11.1 Å². The van der Waals surface area contributed by atoms with Crippen LogP contribution in [0.5, 0.6) is 17.2 Å². The molecule has 1 fully saturated rings. The molecule has 7 rings (SSSR count). The first-order valence-electron chi connectivity index (χ1n) is 15.1. The number of amides is 3. The highest BCUT2D eigenvalue weighted by Gasteiger charge is 2.39. The monoisotopic (exact) mass is 660 g/mol. The topological polar surface area (TPSA) is 119 Å². The summed E-state index contributed by atoms with van der Waals surface area (Å²) in [6, 6.07) is 18.7. The Balaban J connectivity index is 1.34. The Kier molecular flexibility index (Phi) is 8.94. The summed E-state index contributed by atoms with van der Waals surface area (Å²) in [4.78, 5) is 44.6. The van der Waals surface area contributed by atoms with E-state index in [2.05, 4.69) is 15.6 Å². The van der Waals surface area contributed by atoms with Gasteiger partial charge in [0, 0.05) is 24.8 Å². The number of ether oxygens (including phenoxy) is 3. The lowest BCUT2D eigenvalue weighted by Gasteiger charge is -2.23. The van der Waals surface area contributed by atoms with Crippen molar-refractivity contribution in [2.75, 3.05) is 26.8 Å². The van der Waals surface area contributed by atoms with Crippen LogP contribution in [0.4, 0.5) is 13.2 Å². The minimum absolute atomic E-state index is 0.0116. The largest absolute Gasteiger partial charge is 0.493 e. The summed E-state index contributed by atoms with van der Waals surface area (Å²) >= 11 is 0. The molecule has 6 bridgehead atoms. The van der Waals surface area contributed by atoms with Gasteiger partial charge in [0.2, 0.25) is 0 Å². The molecule has 48 heavy (non-hydrogen) atoms. The Labute approximate surface area is 273 Å². The first kappa shape index (κ1) is 32.4. The van der Waals surface area contributed by atoms with Crippen molar-refractivity contribution >= 4 is 17.7 Å². The van der Waals surface area contributed by atoms with Crippen LogP contribution >= 0.6 is 0 Å². The number of hydrogen-bond acceptors (Lipinski definition) is 7. The number of aryl methyl sites for hydroxylation is 1. The van der Waals surface area contributed by atoms with E-state index in [4.69, 9.17) is 14.2 Å². The van der Waals surface area contributed by atoms with E-state index in [-0.39, 0.29) is 37.7 Å². The molecule has 248 valence electrons. The van der Waals surface area contributed by atoms with Gasteiger partial charge in [-0.15, -0.1) is 0 Å². The van der Waals surface area contributed by atoms with Gasteiger partial charge in [-0.05, 0) is 77.7 Å². The average Bonchev–Trinajstić information content (AvgIpc) is 3.47. The molecular formula is C35H31F3N4O6. The van der Waals surface area contributed by atoms with Crippen LogP contribution in [-0.4, -0.2) is 66.6 Å². The van der Waals surface area contributed by atoms with Crippen molar-refractivity contribution in [2.45, 2.75) is 31.8 Å². The van der Waals surface area contributed by atoms with Crippen LogP contribution in [0.3, 0.4) is 0 Å². The molecule has 0 saturated carbocycles. The van der Waals surface area contributed by atoms with Crippen LogP contribution < -0.4 is 24.8 Å². The third-order valence-corrected chi connectivity index (χ3v) is 8.18. The molecule has 3 amide bonds. The lowest BCUT2D eigenvalue weighted by atomic mass is 9.97. The Hall–Kier alpha value is -5.59. The van der Waals surface area contributed by atoms with Crippen LogP contribution in [0.2, 0.25) is 0 Å². The minimum atomic E-state index is -4.65. The van der Waals surface area contributed by atoms with E-state index in [0.29, 0.717) is 22.8 Å². The number of rotatable bonds is 2. The number of methoxy groups -OCH3 is 1. The zero-order valence-electron chi connectivity index (χ0n) is 26.0. The van der Waals surface area contributed by atoms with Crippen molar-refractivity contribution in [2.24, 2.45) is 0 Å². The Morgan fingerprint density at radius 1 is 1.00 bits per heavy atom. The smallest absolute Gasteiger partial charge is 0.433 e. The first-order valence-corrected chi connectivity index (χ1v) is 15.1. The fourth-order valence-electron chi connectivity index (χ4n) is 5.63.